The molecule has 2 aromatic carbocycles. The summed E-state index contributed by atoms with van der Waals surface area (Å²) in [6.45, 7) is 8.56. The summed E-state index contributed by atoms with van der Waals surface area (Å²) in [6.07, 6.45) is 1.87. The first-order valence-electron chi connectivity index (χ1n) is 12.4. The number of rotatable bonds is 6. The van der Waals surface area contributed by atoms with Gasteiger partial charge >= 0.3 is 5.97 Å². The van der Waals surface area contributed by atoms with Crippen molar-refractivity contribution in [3.8, 4) is 6.07 Å². The van der Waals surface area contributed by atoms with Crippen LogP contribution in [0.2, 0.25) is 0 Å². The Balaban J connectivity index is 1.64. The van der Waals surface area contributed by atoms with E-state index in [-0.39, 0.29) is 24.3 Å². The van der Waals surface area contributed by atoms with Gasteiger partial charge in [0.1, 0.15) is 12.1 Å². The van der Waals surface area contributed by atoms with Crippen molar-refractivity contribution in [2.24, 2.45) is 0 Å². The molecule has 0 saturated heterocycles. The number of carbonyl (C=O) groups is 3. The van der Waals surface area contributed by atoms with Gasteiger partial charge in [-0.3, -0.25) is 14.4 Å². The molecule has 0 bridgehead atoms. The first-order chi connectivity index (χ1) is 18.0. The van der Waals surface area contributed by atoms with E-state index in [1.165, 1.54) is 17.4 Å². The Labute approximate surface area is 221 Å². The van der Waals surface area contributed by atoms with Gasteiger partial charge in [0.15, 0.2) is 0 Å². The summed E-state index contributed by atoms with van der Waals surface area (Å²) in [6, 6.07) is 14.6. The number of hydrogen-bond acceptors (Lipinski definition) is 5. The van der Waals surface area contributed by atoms with Crippen LogP contribution >= 0.6 is 0 Å². The number of carboxylic acid groups (broad SMARTS) is 1. The first kappa shape index (κ1) is 26.6. The fourth-order valence-electron chi connectivity index (χ4n) is 4.48. The number of nitriles is 1. The smallest absolute Gasteiger partial charge is 0.325 e. The summed E-state index contributed by atoms with van der Waals surface area (Å²) in [5.74, 6) is -2.10. The fraction of sp³-hybridized carbons (Fsp3) is 0.345. The average molecular weight is 514 g/mol. The molecule has 0 spiro atoms. The molecular weight excluding hydrogens is 482 g/mol. The molecule has 1 aliphatic rings. The maximum absolute atomic E-state index is 13.6. The van der Waals surface area contributed by atoms with Crippen LogP contribution in [0.25, 0.3) is 0 Å². The molecule has 2 amide bonds. The maximum Gasteiger partial charge on any atom is 0.325 e. The number of aliphatic carboxylic acids is 1. The quantitative estimate of drug-likeness (QED) is 0.521. The van der Waals surface area contributed by atoms with E-state index in [2.05, 4.69) is 55.3 Å². The second kappa shape index (κ2) is 10.5. The predicted molar refractivity (Wildman–Crippen MR) is 140 cm³/mol. The minimum atomic E-state index is -1.17. The topological polar surface area (TPSA) is 128 Å². The molecule has 2 heterocycles. The molecule has 2 unspecified atom stereocenters. The third-order valence-corrected chi connectivity index (χ3v) is 6.84. The Morgan fingerprint density at radius 1 is 1.13 bits per heavy atom. The Bertz CT molecular complexity index is 1390. The van der Waals surface area contributed by atoms with E-state index in [9.17, 15) is 19.5 Å². The lowest BCUT2D eigenvalue weighted by molar-refractivity contribution is -0.142. The van der Waals surface area contributed by atoms with Gasteiger partial charge in [0, 0.05) is 18.5 Å². The number of carbonyl (C=O) groups excluding carboxylic acids is 2. The van der Waals surface area contributed by atoms with Crippen molar-refractivity contribution >= 4 is 17.8 Å². The summed E-state index contributed by atoms with van der Waals surface area (Å²) < 4.78 is 1.98. The highest BCUT2D eigenvalue weighted by atomic mass is 16.4. The number of nitrogens with zero attached hydrogens (tertiary/aromatic N) is 4. The van der Waals surface area contributed by atoms with Crippen molar-refractivity contribution in [1.29, 1.82) is 5.26 Å². The minimum Gasteiger partial charge on any atom is -0.480 e. The number of benzene rings is 2. The summed E-state index contributed by atoms with van der Waals surface area (Å²) in [4.78, 5) is 44.0. The lowest BCUT2D eigenvalue weighted by atomic mass is 9.87. The summed E-state index contributed by atoms with van der Waals surface area (Å²) >= 11 is 0. The van der Waals surface area contributed by atoms with E-state index in [4.69, 9.17) is 5.26 Å². The van der Waals surface area contributed by atoms with Crippen LogP contribution in [0, 0.1) is 11.3 Å². The molecular formula is C29H31N5O4. The number of imidazole rings is 1. The molecule has 4 rings (SSSR count). The molecule has 3 aromatic rings. The molecule has 1 aromatic heterocycles. The van der Waals surface area contributed by atoms with Crippen molar-refractivity contribution < 1.29 is 19.5 Å². The molecule has 0 aliphatic carbocycles. The molecule has 9 heteroatoms. The number of nitrogens with one attached hydrogen (secondary N) is 1. The fourth-order valence-corrected chi connectivity index (χ4v) is 4.48. The molecule has 38 heavy (non-hydrogen) atoms. The first-order valence-corrected chi connectivity index (χ1v) is 12.4. The monoisotopic (exact) mass is 513 g/mol. The largest absolute Gasteiger partial charge is 0.480 e. The SMILES string of the molecule is CC(NC(=O)C1Cc2ncn(Cc3ccc(C(C)(C)C)cc3)c2CN1C(=O)c1ccc(C#N)cc1)C(=O)O. The van der Waals surface area contributed by atoms with Crippen LogP contribution in [0.1, 0.15) is 66.1 Å². The predicted octanol–water partition coefficient (Wildman–Crippen LogP) is 3.26. The van der Waals surface area contributed by atoms with Crippen LogP contribution in [0.15, 0.2) is 54.9 Å². The second-order valence-corrected chi connectivity index (χ2v) is 10.6. The summed E-state index contributed by atoms with van der Waals surface area (Å²) in [5, 5.41) is 20.8. The highest BCUT2D eigenvalue weighted by molar-refractivity contribution is 5.98. The van der Waals surface area contributed by atoms with E-state index in [1.54, 1.807) is 30.6 Å². The molecule has 2 atom stereocenters. The van der Waals surface area contributed by atoms with Crippen LogP contribution in [0.4, 0.5) is 0 Å². The molecule has 196 valence electrons. The average Bonchev–Trinajstić information content (AvgIpc) is 3.28. The molecule has 9 nitrogen and oxygen atoms in total. The summed E-state index contributed by atoms with van der Waals surface area (Å²) in [7, 11) is 0. The Kier molecular flexibility index (Phi) is 7.35. The maximum atomic E-state index is 13.6. The van der Waals surface area contributed by atoms with Crippen LogP contribution in [-0.2, 0) is 34.5 Å². The van der Waals surface area contributed by atoms with Crippen molar-refractivity contribution in [2.45, 2.75) is 64.7 Å². The van der Waals surface area contributed by atoms with Gasteiger partial charge < -0.3 is 19.9 Å². The molecule has 0 radical (unpaired) electrons. The van der Waals surface area contributed by atoms with E-state index in [1.807, 2.05) is 10.6 Å². The zero-order chi connectivity index (χ0) is 27.6. The molecule has 2 N–H and O–H groups in total. The van der Waals surface area contributed by atoms with E-state index in [0.717, 1.165) is 11.3 Å². The van der Waals surface area contributed by atoms with E-state index >= 15 is 0 Å². The Hall–Kier alpha value is -4.45. The number of fused-ring (bicyclic) bond motifs is 1. The van der Waals surface area contributed by atoms with Crippen molar-refractivity contribution in [3.63, 3.8) is 0 Å². The van der Waals surface area contributed by atoms with Crippen molar-refractivity contribution in [3.05, 3.63) is 88.5 Å². The highest BCUT2D eigenvalue weighted by Gasteiger charge is 2.38. The standard InChI is InChI=1S/C29H31N5O4/c1-18(28(37)38)32-26(35)24-13-23-25(16-34(24)27(36)21-9-5-19(14-30)6-10-21)33(17-31-23)15-20-7-11-22(12-8-20)29(2,3)4/h5-12,17-18,24H,13,15-16H2,1-4H3,(H,32,35)(H,37,38). The van der Waals surface area contributed by atoms with Gasteiger partial charge in [-0.2, -0.15) is 5.26 Å². The zero-order valence-electron chi connectivity index (χ0n) is 21.9. The van der Waals surface area contributed by atoms with Crippen LogP contribution < -0.4 is 5.32 Å². The van der Waals surface area contributed by atoms with Gasteiger partial charge in [0.25, 0.3) is 5.91 Å². The highest BCUT2D eigenvalue weighted by Crippen LogP contribution is 2.27. The lowest BCUT2D eigenvalue weighted by Crippen LogP contribution is -2.55. The Morgan fingerprint density at radius 2 is 1.79 bits per heavy atom. The molecule has 0 fully saturated rings. The number of aromatic nitrogens is 2. The molecule has 1 aliphatic heterocycles. The lowest BCUT2D eigenvalue weighted by Gasteiger charge is -2.35. The van der Waals surface area contributed by atoms with Gasteiger partial charge in [-0.05, 0) is 47.7 Å². The minimum absolute atomic E-state index is 0.0483. The van der Waals surface area contributed by atoms with Crippen LogP contribution in [-0.4, -0.2) is 49.4 Å². The van der Waals surface area contributed by atoms with Gasteiger partial charge in [0.2, 0.25) is 5.91 Å². The van der Waals surface area contributed by atoms with Crippen molar-refractivity contribution in [2.75, 3.05) is 0 Å². The third-order valence-electron chi connectivity index (χ3n) is 6.84. The number of amides is 2. The summed E-state index contributed by atoms with van der Waals surface area (Å²) in [5.41, 5.74) is 4.64. The van der Waals surface area contributed by atoms with Crippen LogP contribution in [0.5, 0.6) is 0 Å². The number of carboxylic acids is 1. The molecule has 0 saturated carbocycles. The van der Waals surface area contributed by atoms with Gasteiger partial charge in [-0.25, -0.2) is 4.98 Å². The Morgan fingerprint density at radius 3 is 2.37 bits per heavy atom. The van der Waals surface area contributed by atoms with Gasteiger partial charge in [-0.15, -0.1) is 0 Å². The van der Waals surface area contributed by atoms with Gasteiger partial charge in [0.05, 0.1) is 35.9 Å². The number of hydrogen-bond donors (Lipinski definition) is 2. The van der Waals surface area contributed by atoms with Gasteiger partial charge in [-0.1, -0.05) is 45.0 Å². The zero-order valence-corrected chi connectivity index (χ0v) is 21.9. The normalized spacial score (nSPS) is 15.8. The van der Waals surface area contributed by atoms with Crippen molar-refractivity contribution in [1.82, 2.24) is 19.8 Å². The third kappa shape index (κ3) is 5.59. The van der Waals surface area contributed by atoms with E-state index < -0.39 is 24.0 Å². The second-order valence-electron chi connectivity index (χ2n) is 10.6. The van der Waals surface area contributed by atoms with Crippen LogP contribution in [0.3, 0.4) is 0 Å². The van der Waals surface area contributed by atoms with E-state index in [0.29, 0.717) is 23.4 Å².